The quantitative estimate of drug-likeness (QED) is 0.827. The van der Waals surface area contributed by atoms with Gasteiger partial charge in [0, 0.05) is 13.1 Å². The molecule has 0 bridgehead atoms. The van der Waals surface area contributed by atoms with Gasteiger partial charge in [-0.2, -0.15) is 10.3 Å². The van der Waals surface area contributed by atoms with Crippen LogP contribution in [0.4, 0.5) is 0 Å². The van der Waals surface area contributed by atoms with Gasteiger partial charge in [-0.05, 0) is 24.1 Å². The van der Waals surface area contributed by atoms with Gasteiger partial charge in [0.05, 0.1) is 30.1 Å². The van der Waals surface area contributed by atoms with Gasteiger partial charge in [0.2, 0.25) is 0 Å². The highest BCUT2D eigenvalue weighted by Gasteiger charge is 2.31. The number of thioether (sulfide) groups is 1. The molecule has 1 amide bonds. The lowest BCUT2D eigenvalue weighted by atomic mass is 10.1. The van der Waals surface area contributed by atoms with E-state index in [2.05, 4.69) is 16.0 Å². The van der Waals surface area contributed by atoms with E-state index in [-0.39, 0.29) is 11.2 Å². The van der Waals surface area contributed by atoms with E-state index in [1.807, 2.05) is 12.1 Å². The number of rotatable bonds is 2. The van der Waals surface area contributed by atoms with Crippen molar-refractivity contribution in [3.8, 4) is 6.07 Å². The van der Waals surface area contributed by atoms with Crippen LogP contribution in [0.1, 0.15) is 11.1 Å². The summed E-state index contributed by atoms with van der Waals surface area (Å²) in [5, 5.41) is 9.46. The molecule has 6 heteroatoms. The number of amides is 1. The van der Waals surface area contributed by atoms with Crippen molar-refractivity contribution in [2.75, 3.05) is 26.3 Å². The number of ether oxygens (including phenoxy) is 1. The van der Waals surface area contributed by atoms with Crippen LogP contribution < -0.4 is 0 Å². The second kappa shape index (κ2) is 6.29. The number of nitriles is 1. The number of hydrogen-bond donors (Lipinski definition) is 0. The summed E-state index contributed by atoms with van der Waals surface area (Å²) in [5.74, 6) is -0.0640. The van der Waals surface area contributed by atoms with Crippen LogP contribution in [0.5, 0.6) is 0 Å². The van der Waals surface area contributed by atoms with E-state index < -0.39 is 0 Å². The van der Waals surface area contributed by atoms with Crippen LogP contribution in [-0.4, -0.2) is 47.5 Å². The monoisotopic (exact) mass is 301 g/mol. The molecule has 1 unspecified atom stereocenters. The Balaban J connectivity index is 1.62. The zero-order valence-electron chi connectivity index (χ0n) is 11.5. The summed E-state index contributed by atoms with van der Waals surface area (Å²) in [6.45, 7) is 2.97. The van der Waals surface area contributed by atoms with Crippen molar-refractivity contribution in [1.82, 2.24) is 4.90 Å². The predicted molar refractivity (Wildman–Crippen MR) is 81.1 cm³/mol. The fourth-order valence-corrected chi connectivity index (χ4v) is 3.49. The highest BCUT2D eigenvalue weighted by atomic mass is 32.2. The Labute approximate surface area is 127 Å². The van der Waals surface area contributed by atoms with E-state index in [4.69, 9.17) is 10.00 Å². The minimum Gasteiger partial charge on any atom is -0.378 e. The van der Waals surface area contributed by atoms with Crippen LogP contribution in [0.25, 0.3) is 0 Å². The third kappa shape index (κ3) is 3.26. The molecule has 0 radical (unpaired) electrons. The largest absolute Gasteiger partial charge is 0.378 e. The number of carbonyl (C=O) groups is 1. The molecule has 0 aromatic heterocycles. The first kappa shape index (κ1) is 14.1. The number of amidine groups is 1. The van der Waals surface area contributed by atoms with E-state index in [0.29, 0.717) is 25.2 Å². The van der Waals surface area contributed by atoms with Crippen molar-refractivity contribution >= 4 is 22.8 Å². The molecule has 2 aliphatic heterocycles. The molecular formula is C15H15N3O2S. The van der Waals surface area contributed by atoms with E-state index in [0.717, 1.165) is 23.8 Å². The zero-order valence-corrected chi connectivity index (χ0v) is 12.3. The highest BCUT2D eigenvalue weighted by Crippen LogP contribution is 2.28. The van der Waals surface area contributed by atoms with Crippen molar-refractivity contribution < 1.29 is 9.53 Å². The molecule has 0 spiro atoms. The lowest BCUT2D eigenvalue weighted by Crippen LogP contribution is -2.39. The molecule has 1 atom stereocenters. The van der Waals surface area contributed by atoms with Gasteiger partial charge in [0.1, 0.15) is 0 Å². The van der Waals surface area contributed by atoms with Gasteiger partial charge >= 0.3 is 0 Å². The molecule has 1 aromatic carbocycles. The number of carbonyl (C=O) groups excluding carboxylic acids is 1. The minimum absolute atomic E-state index is 0.0640. The Morgan fingerprint density at radius 3 is 2.71 bits per heavy atom. The van der Waals surface area contributed by atoms with Crippen molar-refractivity contribution in [3.05, 3.63) is 35.4 Å². The predicted octanol–water partition coefficient (Wildman–Crippen LogP) is 1.43. The van der Waals surface area contributed by atoms with Crippen LogP contribution in [0.15, 0.2) is 29.3 Å². The van der Waals surface area contributed by atoms with Gasteiger partial charge in [-0.3, -0.25) is 4.79 Å². The number of morpholine rings is 1. The maximum atomic E-state index is 12.0. The van der Waals surface area contributed by atoms with Crippen molar-refractivity contribution in [3.63, 3.8) is 0 Å². The Hall–Kier alpha value is -1.84. The van der Waals surface area contributed by atoms with Gasteiger partial charge in [0.15, 0.2) is 5.17 Å². The van der Waals surface area contributed by atoms with Gasteiger partial charge < -0.3 is 9.64 Å². The molecule has 0 aliphatic carbocycles. The molecule has 2 heterocycles. The summed E-state index contributed by atoms with van der Waals surface area (Å²) in [4.78, 5) is 18.3. The Bertz CT molecular complexity index is 600. The average Bonchev–Trinajstić information content (AvgIpc) is 2.90. The van der Waals surface area contributed by atoms with Crippen molar-refractivity contribution in [1.29, 1.82) is 5.26 Å². The number of nitrogens with zero attached hydrogens (tertiary/aromatic N) is 3. The van der Waals surface area contributed by atoms with E-state index >= 15 is 0 Å². The standard InChI is InChI=1S/C15H15N3O2S/c16-10-12-3-1-11(2-4-12)9-13-14(19)17-15(21-13)18-5-7-20-8-6-18/h1-4,13H,5-9H2. The average molecular weight is 301 g/mol. The summed E-state index contributed by atoms with van der Waals surface area (Å²) in [6.07, 6.45) is 0.645. The number of hydrogen-bond acceptors (Lipinski definition) is 5. The minimum atomic E-state index is -0.157. The number of aliphatic imine (C=N–C) groups is 1. The van der Waals surface area contributed by atoms with Crippen LogP contribution in [0.2, 0.25) is 0 Å². The van der Waals surface area contributed by atoms with Crippen molar-refractivity contribution in [2.24, 2.45) is 4.99 Å². The van der Waals surface area contributed by atoms with Crippen LogP contribution >= 0.6 is 11.8 Å². The molecule has 2 aliphatic rings. The fourth-order valence-electron chi connectivity index (χ4n) is 2.33. The summed E-state index contributed by atoms with van der Waals surface area (Å²) in [5.41, 5.74) is 1.69. The third-order valence-electron chi connectivity index (χ3n) is 3.51. The SMILES string of the molecule is N#Cc1ccc(CC2SC(N3CCOCC3)=NC2=O)cc1. The van der Waals surface area contributed by atoms with Gasteiger partial charge in [-0.25, -0.2) is 0 Å². The molecule has 5 nitrogen and oxygen atoms in total. The summed E-state index contributed by atoms with van der Waals surface area (Å²) in [6, 6.07) is 9.46. The second-order valence-electron chi connectivity index (χ2n) is 4.95. The summed E-state index contributed by atoms with van der Waals surface area (Å²) < 4.78 is 5.31. The van der Waals surface area contributed by atoms with Crippen LogP contribution in [0.3, 0.4) is 0 Å². The first-order valence-corrected chi connectivity index (χ1v) is 7.75. The maximum Gasteiger partial charge on any atom is 0.262 e. The van der Waals surface area contributed by atoms with Gasteiger partial charge in [-0.1, -0.05) is 23.9 Å². The number of benzene rings is 1. The van der Waals surface area contributed by atoms with Crippen LogP contribution in [0, 0.1) is 11.3 Å². The first-order valence-electron chi connectivity index (χ1n) is 6.87. The fraction of sp³-hybridized carbons (Fsp3) is 0.400. The third-order valence-corrected chi connectivity index (χ3v) is 4.73. The van der Waals surface area contributed by atoms with E-state index in [1.165, 1.54) is 11.8 Å². The maximum absolute atomic E-state index is 12.0. The highest BCUT2D eigenvalue weighted by molar-refractivity contribution is 8.15. The summed E-state index contributed by atoms with van der Waals surface area (Å²) >= 11 is 1.54. The molecular weight excluding hydrogens is 286 g/mol. The van der Waals surface area contributed by atoms with Gasteiger partial charge in [-0.15, -0.1) is 0 Å². The Kier molecular flexibility index (Phi) is 4.23. The van der Waals surface area contributed by atoms with E-state index in [1.54, 1.807) is 12.1 Å². The Morgan fingerprint density at radius 2 is 2.05 bits per heavy atom. The second-order valence-corrected chi connectivity index (χ2v) is 6.12. The topological polar surface area (TPSA) is 65.7 Å². The molecule has 1 saturated heterocycles. The molecule has 3 rings (SSSR count). The summed E-state index contributed by atoms with van der Waals surface area (Å²) in [7, 11) is 0. The molecule has 1 fully saturated rings. The molecule has 1 aromatic rings. The molecule has 0 N–H and O–H groups in total. The van der Waals surface area contributed by atoms with Gasteiger partial charge in [0.25, 0.3) is 5.91 Å². The Morgan fingerprint density at radius 1 is 1.33 bits per heavy atom. The molecule has 21 heavy (non-hydrogen) atoms. The van der Waals surface area contributed by atoms with Crippen molar-refractivity contribution in [2.45, 2.75) is 11.7 Å². The normalized spacial score (nSPS) is 22.0. The van der Waals surface area contributed by atoms with E-state index in [9.17, 15) is 4.79 Å². The van der Waals surface area contributed by atoms with Crippen LogP contribution in [-0.2, 0) is 16.0 Å². The first-order chi connectivity index (χ1) is 10.3. The molecule has 108 valence electrons. The lowest BCUT2D eigenvalue weighted by Gasteiger charge is -2.27. The molecule has 0 saturated carbocycles. The lowest BCUT2D eigenvalue weighted by molar-refractivity contribution is -0.117. The zero-order chi connectivity index (χ0) is 14.7. The smallest absolute Gasteiger partial charge is 0.262 e.